The highest BCUT2D eigenvalue weighted by Gasteiger charge is 2.17. The number of hydrogen-bond acceptors (Lipinski definition) is 7. The SMILES string of the molecule is CCN1CCN(Cc2cc(C)cc(CNCc3csc(-c4cnccn4)n3)c2C)CC1. The Kier molecular flexibility index (Phi) is 7.40. The van der Waals surface area contributed by atoms with Crippen LogP contribution in [0.25, 0.3) is 10.7 Å². The third kappa shape index (κ3) is 5.74. The van der Waals surface area contributed by atoms with Crippen LogP contribution in [0.3, 0.4) is 0 Å². The second-order valence-corrected chi connectivity index (χ2v) is 9.11. The number of aryl methyl sites for hydroxylation is 1. The molecule has 6 nitrogen and oxygen atoms in total. The first-order chi connectivity index (χ1) is 15.1. The van der Waals surface area contributed by atoms with E-state index in [-0.39, 0.29) is 0 Å². The van der Waals surface area contributed by atoms with Gasteiger partial charge in [-0.15, -0.1) is 11.3 Å². The lowest BCUT2D eigenvalue weighted by Gasteiger charge is -2.34. The molecule has 7 heteroatoms. The van der Waals surface area contributed by atoms with Gasteiger partial charge in [0.15, 0.2) is 0 Å². The topological polar surface area (TPSA) is 57.2 Å². The molecule has 164 valence electrons. The summed E-state index contributed by atoms with van der Waals surface area (Å²) in [6.45, 7) is 15.2. The van der Waals surface area contributed by atoms with Crippen LogP contribution >= 0.6 is 11.3 Å². The van der Waals surface area contributed by atoms with Gasteiger partial charge in [-0.25, -0.2) is 4.98 Å². The molecule has 3 aromatic rings. The minimum absolute atomic E-state index is 0.748. The molecule has 3 heterocycles. The molecule has 1 N–H and O–H groups in total. The minimum Gasteiger partial charge on any atom is -0.307 e. The summed E-state index contributed by atoms with van der Waals surface area (Å²) in [5, 5.41) is 6.60. The van der Waals surface area contributed by atoms with Crippen molar-refractivity contribution in [2.75, 3.05) is 32.7 Å². The van der Waals surface area contributed by atoms with Crippen molar-refractivity contribution in [2.24, 2.45) is 0 Å². The summed E-state index contributed by atoms with van der Waals surface area (Å²) < 4.78 is 0. The van der Waals surface area contributed by atoms with Crippen LogP contribution in [0, 0.1) is 13.8 Å². The van der Waals surface area contributed by atoms with E-state index in [0.29, 0.717) is 0 Å². The van der Waals surface area contributed by atoms with Crippen LogP contribution in [0.4, 0.5) is 0 Å². The van der Waals surface area contributed by atoms with Gasteiger partial charge in [0.05, 0.1) is 11.9 Å². The molecule has 1 saturated heterocycles. The zero-order valence-corrected chi connectivity index (χ0v) is 19.6. The molecule has 0 atom stereocenters. The van der Waals surface area contributed by atoms with Gasteiger partial charge in [0, 0.05) is 63.6 Å². The van der Waals surface area contributed by atoms with Gasteiger partial charge >= 0.3 is 0 Å². The molecule has 0 spiro atoms. The molecule has 1 fully saturated rings. The lowest BCUT2D eigenvalue weighted by molar-refractivity contribution is 0.131. The Morgan fingerprint density at radius 1 is 1.00 bits per heavy atom. The Morgan fingerprint density at radius 2 is 1.77 bits per heavy atom. The Hall–Kier alpha value is -2.19. The molecule has 2 aromatic heterocycles. The zero-order valence-electron chi connectivity index (χ0n) is 18.8. The van der Waals surface area contributed by atoms with Crippen LogP contribution in [0.2, 0.25) is 0 Å². The smallest absolute Gasteiger partial charge is 0.143 e. The summed E-state index contributed by atoms with van der Waals surface area (Å²) in [5.41, 5.74) is 7.47. The fraction of sp³-hybridized carbons (Fsp3) is 0.458. The average molecular weight is 437 g/mol. The van der Waals surface area contributed by atoms with Gasteiger partial charge in [-0.3, -0.25) is 14.9 Å². The quantitative estimate of drug-likeness (QED) is 0.582. The van der Waals surface area contributed by atoms with E-state index in [0.717, 1.165) is 55.7 Å². The highest BCUT2D eigenvalue weighted by molar-refractivity contribution is 7.13. The molecule has 31 heavy (non-hydrogen) atoms. The summed E-state index contributed by atoms with van der Waals surface area (Å²) in [5.74, 6) is 0. The number of aromatic nitrogens is 3. The molecule has 0 radical (unpaired) electrons. The number of nitrogens with one attached hydrogen (secondary N) is 1. The normalized spacial score (nSPS) is 15.5. The predicted molar refractivity (Wildman–Crippen MR) is 127 cm³/mol. The number of benzene rings is 1. The first-order valence-corrected chi connectivity index (χ1v) is 12.0. The number of thiazole rings is 1. The van der Waals surface area contributed by atoms with Crippen LogP contribution in [-0.4, -0.2) is 57.5 Å². The molecule has 0 bridgehead atoms. The molecule has 0 unspecified atom stereocenters. The van der Waals surface area contributed by atoms with Gasteiger partial charge in [0.25, 0.3) is 0 Å². The van der Waals surface area contributed by atoms with Gasteiger partial charge in [-0.05, 0) is 37.1 Å². The number of rotatable bonds is 8. The number of piperazine rings is 1. The summed E-state index contributed by atoms with van der Waals surface area (Å²) in [7, 11) is 0. The van der Waals surface area contributed by atoms with E-state index in [9.17, 15) is 0 Å². The first-order valence-electron chi connectivity index (χ1n) is 11.1. The molecule has 4 rings (SSSR count). The van der Waals surface area contributed by atoms with Crippen LogP contribution in [0.5, 0.6) is 0 Å². The Morgan fingerprint density at radius 3 is 2.52 bits per heavy atom. The lowest BCUT2D eigenvalue weighted by atomic mass is 9.98. The van der Waals surface area contributed by atoms with Crippen molar-refractivity contribution >= 4 is 11.3 Å². The van der Waals surface area contributed by atoms with Gasteiger partial charge in [0.1, 0.15) is 10.7 Å². The van der Waals surface area contributed by atoms with Crippen LogP contribution < -0.4 is 5.32 Å². The van der Waals surface area contributed by atoms with Crippen molar-refractivity contribution in [1.29, 1.82) is 0 Å². The Bertz CT molecular complexity index is 979. The van der Waals surface area contributed by atoms with E-state index >= 15 is 0 Å². The van der Waals surface area contributed by atoms with Crippen molar-refractivity contribution in [2.45, 2.75) is 40.4 Å². The summed E-state index contributed by atoms with van der Waals surface area (Å²) in [6, 6.07) is 4.67. The van der Waals surface area contributed by atoms with E-state index in [4.69, 9.17) is 4.98 Å². The predicted octanol–water partition coefficient (Wildman–Crippen LogP) is 3.64. The van der Waals surface area contributed by atoms with E-state index in [1.54, 1.807) is 29.9 Å². The largest absolute Gasteiger partial charge is 0.307 e. The summed E-state index contributed by atoms with van der Waals surface area (Å²) in [4.78, 5) is 18.3. The summed E-state index contributed by atoms with van der Waals surface area (Å²) in [6.07, 6.45) is 5.15. The van der Waals surface area contributed by atoms with Gasteiger partial charge in [-0.2, -0.15) is 0 Å². The maximum atomic E-state index is 4.70. The number of likely N-dealkylation sites (N-methyl/N-ethyl adjacent to an activating group) is 1. The number of nitrogens with zero attached hydrogens (tertiary/aromatic N) is 5. The fourth-order valence-corrected chi connectivity index (χ4v) is 4.89. The minimum atomic E-state index is 0.748. The number of hydrogen-bond donors (Lipinski definition) is 1. The molecule has 0 amide bonds. The van der Waals surface area contributed by atoms with E-state index in [1.165, 1.54) is 35.3 Å². The molecular formula is C24H32N6S. The third-order valence-corrected chi connectivity index (χ3v) is 6.94. The highest BCUT2D eigenvalue weighted by Crippen LogP contribution is 2.22. The monoisotopic (exact) mass is 436 g/mol. The lowest BCUT2D eigenvalue weighted by Crippen LogP contribution is -2.45. The van der Waals surface area contributed by atoms with E-state index in [1.807, 2.05) is 0 Å². The Labute approximate surface area is 189 Å². The van der Waals surface area contributed by atoms with Crippen LogP contribution in [-0.2, 0) is 19.6 Å². The van der Waals surface area contributed by atoms with E-state index in [2.05, 4.69) is 63.4 Å². The molecular weight excluding hydrogens is 404 g/mol. The molecule has 1 aliphatic rings. The zero-order chi connectivity index (χ0) is 21.6. The maximum absolute atomic E-state index is 4.70. The van der Waals surface area contributed by atoms with E-state index < -0.39 is 0 Å². The maximum Gasteiger partial charge on any atom is 0.143 e. The van der Waals surface area contributed by atoms with Gasteiger partial charge in [0.2, 0.25) is 0 Å². The summed E-state index contributed by atoms with van der Waals surface area (Å²) >= 11 is 1.62. The highest BCUT2D eigenvalue weighted by atomic mass is 32.1. The van der Waals surface area contributed by atoms with Gasteiger partial charge in [-0.1, -0.05) is 24.6 Å². The van der Waals surface area contributed by atoms with Crippen LogP contribution in [0.15, 0.2) is 36.1 Å². The van der Waals surface area contributed by atoms with Gasteiger partial charge < -0.3 is 10.2 Å². The van der Waals surface area contributed by atoms with Crippen molar-refractivity contribution in [1.82, 2.24) is 30.1 Å². The molecule has 1 aromatic carbocycles. The molecule has 0 saturated carbocycles. The van der Waals surface area contributed by atoms with Crippen molar-refractivity contribution in [3.05, 3.63) is 64.1 Å². The fourth-order valence-electron chi connectivity index (χ4n) is 4.11. The first kappa shape index (κ1) is 22.0. The third-order valence-electron chi connectivity index (χ3n) is 6.03. The Balaban J connectivity index is 1.35. The second-order valence-electron chi connectivity index (χ2n) is 8.26. The van der Waals surface area contributed by atoms with Crippen molar-refractivity contribution < 1.29 is 0 Å². The van der Waals surface area contributed by atoms with Crippen LogP contribution in [0.1, 0.15) is 34.9 Å². The molecule has 0 aliphatic carbocycles. The second kappa shape index (κ2) is 10.4. The molecule has 1 aliphatic heterocycles. The van der Waals surface area contributed by atoms with Crippen molar-refractivity contribution in [3.63, 3.8) is 0 Å². The standard InChI is InChI=1S/C24H32N6S/c1-4-29-7-9-30(10-8-29)16-21-12-18(2)11-20(19(21)3)13-26-14-22-17-31-24(28-22)23-15-25-5-6-27-23/h5-6,11-12,15,17,26H,4,7-10,13-14,16H2,1-3H3. The average Bonchev–Trinajstić information content (AvgIpc) is 3.27. The van der Waals surface area contributed by atoms with Crippen molar-refractivity contribution in [3.8, 4) is 10.7 Å².